The van der Waals surface area contributed by atoms with Crippen LogP contribution in [0.2, 0.25) is 0 Å². The summed E-state index contributed by atoms with van der Waals surface area (Å²) in [5.74, 6) is -2.11. The van der Waals surface area contributed by atoms with Crippen molar-refractivity contribution in [1.82, 2.24) is 0 Å². The van der Waals surface area contributed by atoms with Gasteiger partial charge in [0.15, 0.2) is 0 Å². The zero-order chi connectivity index (χ0) is 9.84. The van der Waals surface area contributed by atoms with Gasteiger partial charge in [0.25, 0.3) is 0 Å². The second-order valence-corrected chi connectivity index (χ2v) is 3.02. The van der Waals surface area contributed by atoms with Gasteiger partial charge in [0.1, 0.15) is 0 Å². The van der Waals surface area contributed by atoms with Crippen LogP contribution in [0.1, 0.15) is 6.42 Å². The minimum absolute atomic E-state index is 0.119. The largest absolute Gasteiger partial charge is 0.481 e. The average molecular weight is 188 g/mol. The Morgan fingerprint density at radius 3 is 2.77 bits per heavy atom. The van der Waals surface area contributed by atoms with Crippen molar-refractivity contribution < 1.29 is 24.2 Å². The summed E-state index contributed by atoms with van der Waals surface area (Å²) >= 11 is 0. The summed E-state index contributed by atoms with van der Waals surface area (Å²) in [6.45, 7) is 0.517. The molecule has 0 unspecified atom stereocenters. The minimum atomic E-state index is -0.911. The zero-order valence-electron chi connectivity index (χ0n) is 7.36. The van der Waals surface area contributed by atoms with Crippen LogP contribution in [-0.2, 0) is 19.1 Å². The molecule has 1 saturated heterocycles. The normalized spacial score (nSPS) is 27.2. The van der Waals surface area contributed by atoms with Gasteiger partial charge in [-0.15, -0.1) is 0 Å². The van der Waals surface area contributed by atoms with E-state index in [1.807, 2.05) is 0 Å². The van der Waals surface area contributed by atoms with Crippen LogP contribution >= 0.6 is 0 Å². The topological polar surface area (TPSA) is 72.8 Å². The van der Waals surface area contributed by atoms with E-state index in [0.29, 0.717) is 6.61 Å². The van der Waals surface area contributed by atoms with Crippen LogP contribution in [0.15, 0.2) is 0 Å². The van der Waals surface area contributed by atoms with Crippen LogP contribution in [-0.4, -0.2) is 37.4 Å². The Hall–Kier alpha value is -1.10. The molecule has 0 radical (unpaired) electrons. The Labute approximate surface area is 75.6 Å². The maximum atomic E-state index is 10.9. The van der Waals surface area contributed by atoms with Gasteiger partial charge < -0.3 is 14.6 Å². The van der Waals surface area contributed by atoms with Gasteiger partial charge in [-0.3, -0.25) is 9.59 Å². The molecule has 1 rings (SSSR count). The van der Waals surface area contributed by atoms with Gasteiger partial charge in [0, 0.05) is 5.92 Å². The lowest BCUT2D eigenvalue weighted by Crippen LogP contribution is -2.24. The third-order valence-corrected chi connectivity index (χ3v) is 2.17. The second-order valence-electron chi connectivity index (χ2n) is 3.02. The summed E-state index contributed by atoms with van der Waals surface area (Å²) < 4.78 is 9.44. The molecule has 0 saturated carbocycles. The van der Waals surface area contributed by atoms with Crippen molar-refractivity contribution in [2.45, 2.75) is 6.42 Å². The van der Waals surface area contributed by atoms with Crippen molar-refractivity contribution >= 4 is 11.9 Å². The molecule has 0 aromatic carbocycles. The first-order valence-corrected chi connectivity index (χ1v) is 4.02. The number of methoxy groups -OCH3 is 1. The molecule has 0 bridgehead atoms. The molecule has 0 spiro atoms. The summed E-state index contributed by atoms with van der Waals surface area (Å²) in [6, 6.07) is 0. The number of hydrogen-bond donors (Lipinski definition) is 1. The predicted molar refractivity (Wildman–Crippen MR) is 42.1 cm³/mol. The first-order valence-electron chi connectivity index (χ1n) is 4.02. The van der Waals surface area contributed by atoms with Crippen LogP contribution in [0.3, 0.4) is 0 Å². The predicted octanol–water partition coefficient (Wildman–Crippen LogP) is -0.103. The Balaban J connectivity index is 2.48. The fourth-order valence-corrected chi connectivity index (χ4v) is 1.37. The lowest BCUT2D eigenvalue weighted by Gasteiger charge is -2.11. The Morgan fingerprint density at radius 1 is 1.54 bits per heavy atom. The number of hydrogen-bond acceptors (Lipinski definition) is 4. The Morgan fingerprint density at radius 2 is 2.23 bits per heavy atom. The molecular weight excluding hydrogens is 176 g/mol. The molecule has 2 atom stereocenters. The first kappa shape index (κ1) is 9.98. The fraction of sp³-hybridized carbons (Fsp3) is 0.750. The summed E-state index contributed by atoms with van der Waals surface area (Å²) in [4.78, 5) is 21.5. The van der Waals surface area contributed by atoms with Gasteiger partial charge in [-0.25, -0.2) is 0 Å². The van der Waals surface area contributed by atoms with E-state index in [9.17, 15) is 9.59 Å². The lowest BCUT2D eigenvalue weighted by atomic mass is 9.93. The van der Waals surface area contributed by atoms with Crippen LogP contribution in [0.4, 0.5) is 0 Å². The van der Waals surface area contributed by atoms with Gasteiger partial charge in [-0.2, -0.15) is 0 Å². The summed E-state index contributed by atoms with van der Waals surface area (Å²) in [6.07, 6.45) is 0.119. The van der Waals surface area contributed by atoms with E-state index < -0.39 is 11.9 Å². The van der Waals surface area contributed by atoms with E-state index in [1.54, 1.807) is 0 Å². The molecule has 5 heteroatoms. The summed E-state index contributed by atoms with van der Waals surface area (Å²) in [7, 11) is 1.29. The maximum Gasteiger partial charge on any atom is 0.309 e. The molecule has 0 amide bonds. The van der Waals surface area contributed by atoms with Gasteiger partial charge in [0.05, 0.1) is 32.7 Å². The first-order chi connectivity index (χ1) is 6.15. The highest BCUT2D eigenvalue weighted by Crippen LogP contribution is 2.24. The number of esters is 1. The number of ether oxygens (including phenoxy) is 2. The van der Waals surface area contributed by atoms with Crippen molar-refractivity contribution in [2.24, 2.45) is 11.8 Å². The molecule has 1 N–H and O–H groups in total. The van der Waals surface area contributed by atoms with Crippen molar-refractivity contribution in [1.29, 1.82) is 0 Å². The fourth-order valence-electron chi connectivity index (χ4n) is 1.37. The highest BCUT2D eigenvalue weighted by Gasteiger charge is 2.35. The van der Waals surface area contributed by atoms with E-state index in [-0.39, 0.29) is 24.9 Å². The monoisotopic (exact) mass is 188 g/mol. The Kier molecular flexibility index (Phi) is 3.25. The van der Waals surface area contributed by atoms with Crippen molar-refractivity contribution in [3.8, 4) is 0 Å². The van der Waals surface area contributed by atoms with E-state index >= 15 is 0 Å². The molecule has 1 aliphatic heterocycles. The number of rotatable bonds is 3. The van der Waals surface area contributed by atoms with Gasteiger partial charge in [-0.05, 0) is 0 Å². The molecule has 13 heavy (non-hydrogen) atoms. The molecule has 0 aromatic heterocycles. The van der Waals surface area contributed by atoms with Gasteiger partial charge >= 0.3 is 11.9 Å². The minimum Gasteiger partial charge on any atom is -0.481 e. The third kappa shape index (κ3) is 2.42. The average Bonchev–Trinajstić information content (AvgIpc) is 2.52. The number of carboxylic acids is 1. The van der Waals surface area contributed by atoms with Gasteiger partial charge in [0.2, 0.25) is 0 Å². The number of carbonyl (C=O) groups is 2. The quantitative estimate of drug-likeness (QED) is 0.626. The number of carboxylic acid groups (broad SMARTS) is 1. The van der Waals surface area contributed by atoms with Crippen molar-refractivity contribution in [2.75, 3.05) is 20.3 Å². The molecule has 0 aromatic rings. The third-order valence-electron chi connectivity index (χ3n) is 2.17. The molecule has 5 nitrogen and oxygen atoms in total. The summed E-state index contributed by atoms with van der Waals surface area (Å²) in [5.41, 5.74) is 0. The van der Waals surface area contributed by atoms with Crippen molar-refractivity contribution in [3.05, 3.63) is 0 Å². The smallest absolute Gasteiger partial charge is 0.309 e. The van der Waals surface area contributed by atoms with Crippen LogP contribution in [0.25, 0.3) is 0 Å². The molecule has 1 fully saturated rings. The van der Waals surface area contributed by atoms with Crippen LogP contribution in [0.5, 0.6) is 0 Å². The zero-order valence-corrected chi connectivity index (χ0v) is 7.36. The number of carbonyl (C=O) groups excluding carboxylic acids is 1. The highest BCUT2D eigenvalue weighted by molar-refractivity contribution is 5.74. The van der Waals surface area contributed by atoms with E-state index in [2.05, 4.69) is 4.74 Å². The van der Waals surface area contributed by atoms with Crippen molar-refractivity contribution in [3.63, 3.8) is 0 Å². The Bertz CT molecular complexity index is 213. The van der Waals surface area contributed by atoms with E-state index in [0.717, 1.165) is 0 Å². The van der Waals surface area contributed by atoms with E-state index in [4.69, 9.17) is 9.84 Å². The molecule has 1 aliphatic rings. The summed E-state index contributed by atoms with van der Waals surface area (Å²) in [5, 5.41) is 8.74. The highest BCUT2D eigenvalue weighted by atomic mass is 16.5. The molecule has 1 heterocycles. The number of aliphatic carboxylic acids is 1. The van der Waals surface area contributed by atoms with Gasteiger partial charge in [-0.1, -0.05) is 0 Å². The molecular formula is C8H12O5. The second kappa shape index (κ2) is 4.23. The standard InChI is InChI=1S/C8H12O5/c1-12-7(9)2-5-3-13-4-6(5)8(10)11/h5-6H,2-4H2,1H3,(H,10,11)/t5-,6-/m1/s1. The van der Waals surface area contributed by atoms with Crippen LogP contribution in [0, 0.1) is 11.8 Å². The molecule has 0 aliphatic carbocycles. The maximum absolute atomic E-state index is 10.9. The van der Waals surface area contributed by atoms with Crippen LogP contribution < -0.4 is 0 Å². The van der Waals surface area contributed by atoms with E-state index in [1.165, 1.54) is 7.11 Å². The molecule has 74 valence electrons. The SMILES string of the molecule is COC(=O)C[C@@H]1COC[C@H]1C(=O)O. The lowest BCUT2D eigenvalue weighted by molar-refractivity contribution is -0.145.